The van der Waals surface area contributed by atoms with E-state index in [9.17, 15) is 18.0 Å². The second kappa shape index (κ2) is 18.8. The highest BCUT2D eigenvalue weighted by Gasteiger charge is 2.44. The van der Waals surface area contributed by atoms with Gasteiger partial charge in [0.2, 0.25) is 10.0 Å². The summed E-state index contributed by atoms with van der Waals surface area (Å²) in [6, 6.07) is 11.9. The molecule has 4 heterocycles. The molecule has 8 rings (SSSR count). The molecular formula is C41H58ClIN4O6S. The van der Waals surface area contributed by atoms with Gasteiger partial charge in [0.05, 0.1) is 30.8 Å². The molecule has 2 aromatic carbocycles. The van der Waals surface area contributed by atoms with Crippen molar-refractivity contribution in [2.24, 2.45) is 17.8 Å². The predicted octanol–water partition coefficient (Wildman–Crippen LogP) is 6.43. The maximum Gasteiger partial charge on any atom is 0.264 e. The van der Waals surface area contributed by atoms with E-state index >= 15 is 0 Å². The Morgan fingerprint density at radius 1 is 1.06 bits per heavy atom. The Morgan fingerprint density at radius 2 is 1.87 bits per heavy atom. The van der Waals surface area contributed by atoms with Gasteiger partial charge in [-0.1, -0.05) is 60.7 Å². The van der Waals surface area contributed by atoms with Gasteiger partial charge in [-0.2, -0.15) is 0 Å². The normalized spacial score (nSPS) is 31.0. The maximum atomic E-state index is 13.3. The number of rotatable bonds is 0. The molecule has 2 saturated heterocycles. The number of fused-ring (bicyclic) bond motifs is 5. The van der Waals surface area contributed by atoms with Crippen molar-refractivity contribution < 1.29 is 27.5 Å². The number of alkyl halides is 1. The molecule has 0 unspecified atom stereocenters. The first-order valence-corrected chi connectivity index (χ1v) is 23.1. The van der Waals surface area contributed by atoms with Gasteiger partial charge < -0.3 is 19.7 Å². The van der Waals surface area contributed by atoms with Crippen LogP contribution in [0, 0.1) is 17.8 Å². The Balaban J connectivity index is 0.000000368. The largest absolute Gasteiger partial charge is 0.490 e. The van der Waals surface area contributed by atoms with Gasteiger partial charge in [0.15, 0.2) is 5.78 Å². The second-order valence-electron chi connectivity index (χ2n) is 15.4. The molecule has 2 aliphatic carbocycles. The number of carbonyl (C=O) groups is 2. The number of morpholine rings is 1. The summed E-state index contributed by atoms with van der Waals surface area (Å²) in [5.41, 5.74) is 3.22. The summed E-state index contributed by atoms with van der Waals surface area (Å²) in [7, 11) is -3.93. The van der Waals surface area contributed by atoms with Crippen molar-refractivity contribution in [3.05, 3.63) is 70.3 Å². The number of piperazine rings is 1. The topological polar surface area (TPSA) is 117 Å². The molecule has 2 N–H and O–H groups in total. The number of sulfonamides is 1. The summed E-state index contributed by atoms with van der Waals surface area (Å²) >= 11 is 8.52. The first-order chi connectivity index (χ1) is 25.5. The van der Waals surface area contributed by atoms with Crippen LogP contribution in [0.4, 0.5) is 5.69 Å². The van der Waals surface area contributed by atoms with Crippen molar-refractivity contribution in [3.8, 4) is 5.75 Å². The number of anilines is 1. The Hall–Kier alpha value is -2.23. The lowest BCUT2D eigenvalue weighted by Gasteiger charge is -2.44. The fourth-order valence-electron chi connectivity index (χ4n) is 8.66. The highest BCUT2D eigenvalue weighted by Crippen LogP contribution is 2.46. The average Bonchev–Trinajstić information content (AvgIpc) is 3.30. The van der Waals surface area contributed by atoms with E-state index in [0.29, 0.717) is 37.9 Å². The lowest BCUT2D eigenvalue weighted by molar-refractivity contribution is -0.122. The molecule has 2 aromatic rings. The van der Waals surface area contributed by atoms with E-state index in [1.807, 2.05) is 17.9 Å². The van der Waals surface area contributed by atoms with Gasteiger partial charge in [0, 0.05) is 67.2 Å². The Bertz CT molecular complexity index is 1750. The number of ether oxygens (including phenoxy) is 2. The number of ketones is 1. The van der Waals surface area contributed by atoms with Crippen LogP contribution >= 0.6 is 34.2 Å². The van der Waals surface area contributed by atoms with E-state index in [4.69, 9.17) is 21.1 Å². The van der Waals surface area contributed by atoms with Crippen LogP contribution in [0.3, 0.4) is 0 Å². The summed E-state index contributed by atoms with van der Waals surface area (Å²) in [6.45, 7) is 11.7. The minimum Gasteiger partial charge on any atom is -0.490 e. The molecule has 2 bridgehead atoms. The minimum absolute atomic E-state index is 0. The number of hydrogen-bond acceptors (Lipinski definition) is 9. The van der Waals surface area contributed by atoms with Gasteiger partial charge in [-0.15, -0.1) is 0 Å². The molecule has 1 spiro atoms. The molecule has 0 aromatic heterocycles. The molecule has 54 heavy (non-hydrogen) atoms. The van der Waals surface area contributed by atoms with Crippen molar-refractivity contribution in [3.63, 3.8) is 0 Å². The van der Waals surface area contributed by atoms with Crippen molar-refractivity contribution in [2.75, 3.05) is 68.9 Å². The molecule has 13 heteroatoms. The smallest absolute Gasteiger partial charge is 0.264 e. The van der Waals surface area contributed by atoms with Crippen molar-refractivity contribution in [1.82, 2.24) is 14.9 Å². The molecule has 6 atom stereocenters. The predicted molar refractivity (Wildman–Crippen MR) is 226 cm³/mol. The fourth-order valence-corrected chi connectivity index (χ4v) is 10.1. The highest BCUT2D eigenvalue weighted by molar-refractivity contribution is 14.1. The standard InChI is InChI=1S/C32H37ClN2O5S.C7H14N2O.CH3I.CH4/c1-20-5-3-7-29(36)26-11-8-24(26)17-35-18-32(14-4-6-22-15-25(33)10-12-27(22)32)19-40-30-13-9-23(16-28(30)35)31(37)34-41(38,39)21(20)2;1-2-9-3-4-10-6-7(9)5-8-1;1-2;/h3,7,9-10,12-13,15-16,20-21,24,26H,4-6,8,11,14,17-19H2,1-2H3,(H,34,37);7-8H,1-6H2;1H3;1H4/b7-3+;;;/t20-,21+,24-,26+,32-;7-;;/m01../s1. The molecule has 1 amide bonds. The zero-order chi connectivity index (χ0) is 37.8. The van der Waals surface area contributed by atoms with Crippen LogP contribution in [0.1, 0.15) is 74.9 Å². The molecule has 4 aliphatic heterocycles. The summed E-state index contributed by atoms with van der Waals surface area (Å²) in [5, 5.41) is 3.28. The molecule has 1 saturated carbocycles. The summed E-state index contributed by atoms with van der Waals surface area (Å²) < 4.78 is 40.4. The van der Waals surface area contributed by atoms with Crippen LogP contribution in [0.2, 0.25) is 5.02 Å². The van der Waals surface area contributed by atoms with Crippen LogP contribution in [0.5, 0.6) is 5.75 Å². The number of allylic oxidation sites excluding steroid dienone is 2. The van der Waals surface area contributed by atoms with E-state index in [0.717, 1.165) is 75.7 Å². The summed E-state index contributed by atoms with van der Waals surface area (Å²) in [4.78, 5) is 33.3. The number of carbonyl (C=O) groups excluding carboxylic acids is 2. The zero-order valence-electron chi connectivity index (χ0n) is 31.1. The lowest BCUT2D eigenvalue weighted by atomic mass is 9.68. The third-order valence-corrected chi connectivity index (χ3v) is 14.3. The molecule has 298 valence electrons. The summed E-state index contributed by atoms with van der Waals surface area (Å²) in [6.07, 6.45) is 8.60. The van der Waals surface area contributed by atoms with E-state index in [2.05, 4.69) is 54.6 Å². The second-order valence-corrected chi connectivity index (χ2v) is 17.9. The van der Waals surface area contributed by atoms with E-state index < -0.39 is 21.2 Å². The third kappa shape index (κ3) is 9.48. The monoisotopic (exact) mass is 896 g/mol. The Labute approximate surface area is 341 Å². The lowest BCUT2D eigenvalue weighted by Crippen LogP contribution is -2.56. The number of nitrogens with zero attached hydrogens (tertiary/aromatic N) is 2. The third-order valence-electron chi connectivity index (χ3n) is 12.2. The average molecular weight is 897 g/mol. The van der Waals surface area contributed by atoms with E-state index in [1.54, 1.807) is 37.3 Å². The summed E-state index contributed by atoms with van der Waals surface area (Å²) in [5.74, 6) is -0.0319. The molecule has 3 fully saturated rings. The maximum absolute atomic E-state index is 13.3. The van der Waals surface area contributed by atoms with Crippen molar-refractivity contribution in [2.45, 2.75) is 76.5 Å². The molecule has 10 nitrogen and oxygen atoms in total. The SMILES string of the molecule is C.C1CN2CCOC[C@H]2CN1.CI.C[C@@H]1[C@@H](C)C/C=C/C(=O)[C@@H]2CC[C@H]2CN2C[C@@]3(CCCc4cc(Cl)ccc43)COc3ccc(cc32)C(=O)NS1(=O)=O. The first-order valence-electron chi connectivity index (χ1n) is 19.0. The number of amides is 1. The number of hydrogen-bond donors (Lipinski definition) is 2. The quantitative estimate of drug-likeness (QED) is 0.228. The van der Waals surface area contributed by atoms with Gasteiger partial charge in [-0.3, -0.25) is 14.5 Å². The first kappa shape index (κ1) is 42.9. The fraction of sp³-hybridized carbons (Fsp3) is 0.610. The van der Waals surface area contributed by atoms with Gasteiger partial charge in [-0.05, 0) is 110 Å². The van der Waals surface area contributed by atoms with Gasteiger partial charge >= 0.3 is 0 Å². The van der Waals surface area contributed by atoms with Crippen molar-refractivity contribution in [1.29, 1.82) is 0 Å². The van der Waals surface area contributed by atoms with Crippen LogP contribution < -0.4 is 19.7 Å². The number of aryl methyl sites for hydroxylation is 1. The van der Waals surface area contributed by atoms with Gasteiger partial charge in [0.25, 0.3) is 5.91 Å². The van der Waals surface area contributed by atoms with Gasteiger partial charge in [0.1, 0.15) is 5.75 Å². The number of benzene rings is 2. The van der Waals surface area contributed by atoms with E-state index in [1.165, 1.54) is 17.7 Å². The van der Waals surface area contributed by atoms with Crippen LogP contribution in [0.15, 0.2) is 48.6 Å². The van der Waals surface area contributed by atoms with Crippen LogP contribution in [-0.2, 0) is 31.4 Å². The minimum atomic E-state index is -3.93. The molecule has 6 aliphatic rings. The highest BCUT2D eigenvalue weighted by atomic mass is 127. The number of nitrogens with one attached hydrogen (secondary N) is 2. The Morgan fingerprint density at radius 3 is 2.63 bits per heavy atom. The van der Waals surface area contributed by atoms with Crippen LogP contribution in [0.25, 0.3) is 0 Å². The zero-order valence-corrected chi connectivity index (χ0v) is 34.9. The molecule has 0 radical (unpaired) electrons. The molecular weight excluding hydrogens is 839 g/mol. The Kier molecular flexibility index (Phi) is 14.9. The van der Waals surface area contributed by atoms with Crippen LogP contribution in [-0.4, -0.2) is 100 Å². The van der Waals surface area contributed by atoms with E-state index in [-0.39, 0.29) is 41.9 Å². The van der Waals surface area contributed by atoms with Crippen molar-refractivity contribution >= 4 is 61.6 Å². The number of halogens is 2. The van der Waals surface area contributed by atoms with Gasteiger partial charge in [-0.25, -0.2) is 13.1 Å².